The minimum absolute atomic E-state index is 0.300. The van der Waals surface area contributed by atoms with Gasteiger partial charge in [0.2, 0.25) is 0 Å². The van der Waals surface area contributed by atoms with Crippen molar-refractivity contribution in [3.8, 4) is 0 Å². The Balaban J connectivity index is 3.25. The maximum atomic E-state index is 10.3. The fourth-order valence-electron chi connectivity index (χ4n) is 0.927. The van der Waals surface area contributed by atoms with Crippen LogP contribution in [0.2, 0.25) is 0 Å². The minimum atomic E-state index is -0.952. The van der Waals surface area contributed by atoms with Crippen molar-refractivity contribution in [2.75, 3.05) is 0 Å². The zero-order valence-corrected chi connectivity index (χ0v) is 7.36. The van der Waals surface area contributed by atoms with Crippen molar-refractivity contribution in [2.45, 2.75) is 44.8 Å². The molecule has 12 heavy (non-hydrogen) atoms. The van der Waals surface area contributed by atoms with E-state index < -0.39 is 12.0 Å². The summed E-state index contributed by atoms with van der Waals surface area (Å²) < 4.78 is 0. The fourth-order valence-corrected chi connectivity index (χ4v) is 0.927. The number of unbranched alkanes of at least 4 members (excludes halogenated alkanes) is 1. The molecule has 4 nitrogen and oxygen atoms in total. The van der Waals surface area contributed by atoms with Gasteiger partial charge in [0, 0.05) is 0 Å². The molecule has 0 fully saturated rings. The highest BCUT2D eigenvalue weighted by Gasteiger charge is 2.10. The van der Waals surface area contributed by atoms with E-state index in [2.05, 4.69) is 0 Å². The van der Waals surface area contributed by atoms with E-state index in [4.69, 9.17) is 15.9 Å². The lowest BCUT2D eigenvalue weighted by molar-refractivity contribution is -0.138. The minimum Gasteiger partial charge on any atom is -0.480 e. The van der Waals surface area contributed by atoms with Gasteiger partial charge in [0.05, 0.1) is 6.10 Å². The number of nitrogens with two attached hydrogens (primary N) is 1. The Morgan fingerprint density at radius 2 is 1.92 bits per heavy atom. The van der Waals surface area contributed by atoms with Gasteiger partial charge < -0.3 is 15.9 Å². The van der Waals surface area contributed by atoms with Crippen LogP contribution in [-0.2, 0) is 4.79 Å². The monoisotopic (exact) mass is 175 g/mol. The van der Waals surface area contributed by atoms with E-state index in [0.29, 0.717) is 12.8 Å². The third kappa shape index (κ3) is 6.12. The molecule has 4 N–H and O–H groups in total. The first-order valence-corrected chi connectivity index (χ1v) is 4.20. The van der Waals surface area contributed by atoms with Crippen LogP contribution in [0.1, 0.15) is 32.6 Å². The summed E-state index contributed by atoms with van der Waals surface area (Å²) in [4.78, 5) is 10.3. The molecule has 0 heterocycles. The van der Waals surface area contributed by atoms with Crippen molar-refractivity contribution in [1.82, 2.24) is 0 Å². The maximum Gasteiger partial charge on any atom is 0.320 e. The Labute approximate surface area is 72.4 Å². The van der Waals surface area contributed by atoms with Gasteiger partial charge in [-0.25, -0.2) is 0 Å². The predicted molar refractivity (Wildman–Crippen MR) is 45.8 cm³/mol. The van der Waals surface area contributed by atoms with Gasteiger partial charge in [-0.05, 0) is 19.8 Å². The number of hydrogen-bond donors (Lipinski definition) is 3. The van der Waals surface area contributed by atoms with E-state index in [9.17, 15) is 4.79 Å². The van der Waals surface area contributed by atoms with Crippen molar-refractivity contribution in [3.05, 3.63) is 0 Å². The summed E-state index contributed by atoms with van der Waals surface area (Å²) in [6.45, 7) is 1.72. The third-order valence-electron chi connectivity index (χ3n) is 1.70. The Kier molecular flexibility index (Phi) is 5.66. The second kappa shape index (κ2) is 5.97. The van der Waals surface area contributed by atoms with E-state index in [1.165, 1.54) is 0 Å². The van der Waals surface area contributed by atoms with E-state index in [1.807, 2.05) is 0 Å². The molecule has 72 valence electrons. The fraction of sp³-hybridized carbons (Fsp3) is 0.875. The van der Waals surface area contributed by atoms with Gasteiger partial charge in [0.25, 0.3) is 0 Å². The third-order valence-corrected chi connectivity index (χ3v) is 1.70. The van der Waals surface area contributed by atoms with E-state index in [1.54, 1.807) is 6.92 Å². The molecule has 0 aliphatic carbocycles. The molecule has 2 unspecified atom stereocenters. The molecule has 0 spiro atoms. The summed E-state index contributed by atoms with van der Waals surface area (Å²) in [6.07, 6.45) is 2.50. The largest absolute Gasteiger partial charge is 0.480 e. The van der Waals surface area contributed by atoms with Crippen LogP contribution in [0.15, 0.2) is 0 Å². The van der Waals surface area contributed by atoms with Crippen LogP contribution in [0.25, 0.3) is 0 Å². The first-order valence-electron chi connectivity index (χ1n) is 4.20. The first kappa shape index (κ1) is 11.4. The van der Waals surface area contributed by atoms with Crippen molar-refractivity contribution in [1.29, 1.82) is 0 Å². The summed E-state index contributed by atoms with van der Waals surface area (Å²) in [5.74, 6) is -0.952. The van der Waals surface area contributed by atoms with Gasteiger partial charge >= 0.3 is 5.97 Å². The number of carboxylic acids is 1. The van der Waals surface area contributed by atoms with Crippen LogP contribution in [0.3, 0.4) is 0 Å². The number of carboxylic acid groups (broad SMARTS) is 1. The summed E-state index contributed by atoms with van der Waals surface area (Å²) >= 11 is 0. The Hall–Kier alpha value is -0.610. The van der Waals surface area contributed by atoms with Gasteiger partial charge in [-0.1, -0.05) is 12.8 Å². The normalized spacial score (nSPS) is 15.6. The summed E-state index contributed by atoms with van der Waals surface area (Å²) in [6, 6.07) is -0.751. The van der Waals surface area contributed by atoms with Gasteiger partial charge in [-0.3, -0.25) is 4.79 Å². The average Bonchev–Trinajstić information content (AvgIpc) is 1.97. The van der Waals surface area contributed by atoms with Gasteiger partial charge in [0.1, 0.15) is 6.04 Å². The number of rotatable bonds is 6. The highest BCUT2D eigenvalue weighted by molar-refractivity contribution is 5.72. The van der Waals surface area contributed by atoms with E-state index in [-0.39, 0.29) is 6.10 Å². The molecular formula is C8H17NO3. The van der Waals surface area contributed by atoms with Crippen LogP contribution in [-0.4, -0.2) is 28.3 Å². The molecule has 2 atom stereocenters. The molecule has 0 radical (unpaired) electrons. The maximum absolute atomic E-state index is 10.3. The van der Waals surface area contributed by atoms with E-state index >= 15 is 0 Å². The zero-order chi connectivity index (χ0) is 9.56. The number of carbonyl (C=O) groups is 1. The lowest BCUT2D eigenvalue weighted by Gasteiger charge is -2.06. The molecule has 0 aromatic carbocycles. The molecule has 0 aliphatic rings. The number of hydrogen-bond acceptors (Lipinski definition) is 3. The highest BCUT2D eigenvalue weighted by Crippen LogP contribution is 2.04. The zero-order valence-electron chi connectivity index (χ0n) is 7.36. The molecule has 4 heteroatoms. The van der Waals surface area contributed by atoms with Crippen LogP contribution in [0, 0.1) is 0 Å². The molecule has 0 saturated carbocycles. The van der Waals surface area contributed by atoms with E-state index in [0.717, 1.165) is 12.8 Å². The average molecular weight is 175 g/mol. The van der Waals surface area contributed by atoms with Crippen LogP contribution >= 0.6 is 0 Å². The Morgan fingerprint density at radius 1 is 1.42 bits per heavy atom. The molecule has 0 rings (SSSR count). The second-order valence-electron chi connectivity index (χ2n) is 3.08. The quantitative estimate of drug-likeness (QED) is 0.508. The predicted octanol–water partition coefficient (Wildman–Crippen LogP) is 0.339. The van der Waals surface area contributed by atoms with Gasteiger partial charge in [0.15, 0.2) is 0 Å². The molecule has 0 amide bonds. The SMILES string of the molecule is CC(O)CCCCC(N)C(=O)O. The lowest BCUT2D eigenvalue weighted by Crippen LogP contribution is -2.29. The molecule has 0 saturated heterocycles. The number of aliphatic hydroxyl groups excluding tert-OH is 1. The van der Waals surface area contributed by atoms with Gasteiger partial charge in [-0.2, -0.15) is 0 Å². The van der Waals surface area contributed by atoms with Crippen molar-refractivity contribution >= 4 is 5.97 Å². The first-order chi connectivity index (χ1) is 5.54. The van der Waals surface area contributed by atoms with Crippen LogP contribution in [0.5, 0.6) is 0 Å². The molecule has 0 aliphatic heterocycles. The number of aliphatic hydroxyl groups is 1. The molecular weight excluding hydrogens is 158 g/mol. The molecule has 0 bridgehead atoms. The summed E-state index contributed by atoms with van der Waals surface area (Å²) in [5, 5.41) is 17.3. The second-order valence-corrected chi connectivity index (χ2v) is 3.08. The molecule has 0 aromatic rings. The van der Waals surface area contributed by atoms with Gasteiger partial charge in [-0.15, -0.1) is 0 Å². The standard InChI is InChI=1S/C8H17NO3/c1-6(10)4-2-3-5-7(9)8(11)12/h6-7,10H,2-5,9H2,1H3,(H,11,12). The van der Waals surface area contributed by atoms with Crippen LogP contribution in [0.4, 0.5) is 0 Å². The van der Waals surface area contributed by atoms with Crippen molar-refractivity contribution < 1.29 is 15.0 Å². The van der Waals surface area contributed by atoms with Crippen LogP contribution < -0.4 is 5.73 Å². The summed E-state index contributed by atoms with van der Waals surface area (Å²) in [5.41, 5.74) is 5.27. The lowest BCUT2D eigenvalue weighted by atomic mass is 10.1. The van der Waals surface area contributed by atoms with Crippen molar-refractivity contribution in [3.63, 3.8) is 0 Å². The summed E-state index contributed by atoms with van der Waals surface area (Å²) in [7, 11) is 0. The molecule has 0 aromatic heterocycles. The topological polar surface area (TPSA) is 83.5 Å². The number of aliphatic carboxylic acids is 1. The Morgan fingerprint density at radius 3 is 2.33 bits per heavy atom. The Bertz CT molecular complexity index is 136. The van der Waals surface area contributed by atoms with Crippen molar-refractivity contribution in [2.24, 2.45) is 5.73 Å². The smallest absolute Gasteiger partial charge is 0.320 e. The highest BCUT2D eigenvalue weighted by atomic mass is 16.4.